The summed E-state index contributed by atoms with van der Waals surface area (Å²) in [6, 6.07) is 3.32. The molecule has 1 aromatic rings. The maximum Gasteiger partial charge on any atom is 0.308 e. The highest BCUT2D eigenvalue weighted by Gasteiger charge is 2.39. The first-order valence-corrected chi connectivity index (χ1v) is 7.76. The Morgan fingerprint density at radius 2 is 1.95 bits per heavy atom. The van der Waals surface area contributed by atoms with Crippen molar-refractivity contribution in [2.75, 3.05) is 7.11 Å². The van der Waals surface area contributed by atoms with Gasteiger partial charge in [-0.2, -0.15) is 0 Å². The van der Waals surface area contributed by atoms with Crippen LogP contribution in [0.3, 0.4) is 0 Å². The molecule has 0 saturated heterocycles. The molecule has 108 valence electrons. The van der Waals surface area contributed by atoms with Gasteiger partial charge in [0, 0.05) is 12.5 Å². The molecule has 0 aliphatic heterocycles. The number of hydrogen-bond acceptors (Lipinski definition) is 4. The van der Waals surface area contributed by atoms with Gasteiger partial charge in [-0.3, -0.25) is 9.59 Å². The second-order valence-electron chi connectivity index (χ2n) is 4.60. The molecule has 0 N–H and O–H groups in total. The van der Waals surface area contributed by atoms with Gasteiger partial charge in [0.25, 0.3) is 0 Å². The van der Waals surface area contributed by atoms with Gasteiger partial charge in [0.1, 0.15) is 14.7 Å². The van der Waals surface area contributed by atoms with Gasteiger partial charge in [-0.05, 0) is 31.4 Å². The number of fused-ring (bicyclic) bond motifs is 1. The van der Waals surface area contributed by atoms with Gasteiger partial charge in [-0.15, -0.1) is 0 Å². The van der Waals surface area contributed by atoms with Crippen molar-refractivity contribution in [2.24, 2.45) is 0 Å². The number of benzene rings is 1. The standard InChI is InChI=1S/C14H14Br2O4/c1-8(17)20-11-6-5-10(19-2)9-4-3-7-14(15,16)13(18)12(9)11/h5-6H,3-4,7H2,1-2H3. The summed E-state index contributed by atoms with van der Waals surface area (Å²) >= 11 is 6.82. The molecular formula is C14H14Br2O4. The van der Waals surface area contributed by atoms with Gasteiger partial charge >= 0.3 is 5.97 Å². The van der Waals surface area contributed by atoms with Crippen LogP contribution in [0.5, 0.6) is 11.5 Å². The Balaban J connectivity index is 2.65. The van der Waals surface area contributed by atoms with E-state index in [9.17, 15) is 9.59 Å². The van der Waals surface area contributed by atoms with Gasteiger partial charge in [-0.25, -0.2) is 0 Å². The highest BCUT2D eigenvalue weighted by molar-refractivity contribution is 9.25. The Morgan fingerprint density at radius 1 is 1.30 bits per heavy atom. The largest absolute Gasteiger partial charge is 0.496 e. The zero-order valence-electron chi connectivity index (χ0n) is 11.2. The number of carbonyl (C=O) groups excluding carboxylic acids is 2. The molecule has 0 heterocycles. The van der Waals surface area contributed by atoms with E-state index in [-0.39, 0.29) is 11.5 Å². The van der Waals surface area contributed by atoms with E-state index in [0.717, 1.165) is 12.0 Å². The van der Waals surface area contributed by atoms with Crippen molar-refractivity contribution in [3.8, 4) is 11.5 Å². The number of rotatable bonds is 2. The Bertz CT molecular complexity index is 567. The second kappa shape index (κ2) is 5.85. The Labute approximate surface area is 134 Å². The predicted octanol–water partition coefficient (Wildman–Crippen LogP) is 3.63. The number of alkyl halides is 2. The SMILES string of the molecule is COc1ccc(OC(C)=O)c2c1CCCC(Br)(Br)C2=O. The highest BCUT2D eigenvalue weighted by atomic mass is 79.9. The normalized spacial score (nSPS) is 17.1. The summed E-state index contributed by atoms with van der Waals surface area (Å²) < 4.78 is 9.67. The second-order valence-corrected chi connectivity index (χ2v) is 8.37. The molecule has 6 heteroatoms. The fourth-order valence-electron chi connectivity index (χ4n) is 2.32. The summed E-state index contributed by atoms with van der Waals surface area (Å²) in [7, 11) is 1.56. The van der Waals surface area contributed by atoms with E-state index in [1.54, 1.807) is 19.2 Å². The molecule has 0 bridgehead atoms. The average molecular weight is 406 g/mol. The topological polar surface area (TPSA) is 52.6 Å². The number of halogens is 2. The first kappa shape index (κ1) is 15.5. The number of carbonyl (C=O) groups is 2. The van der Waals surface area contributed by atoms with Gasteiger partial charge in [0.15, 0.2) is 5.78 Å². The lowest BCUT2D eigenvalue weighted by Gasteiger charge is -2.19. The summed E-state index contributed by atoms with van der Waals surface area (Å²) in [5.74, 6) is 0.315. The molecule has 0 amide bonds. The molecule has 0 atom stereocenters. The van der Waals surface area contributed by atoms with E-state index in [2.05, 4.69) is 31.9 Å². The van der Waals surface area contributed by atoms with Crippen molar-refractivity contribution in [3.63, 3.8) is 0 Å². The van der Waals surface area contributed by atoms with E-state index in [0.29, 0.717) is 24.2 Å². The van der Waals surface area contributed by atoms with Crippen LogP contribution >= 0.6 is 31.9 Å². The third kappa shape index (κ3) is 2.91. The molecule has 0 saturated carbocycles. The molecule has 1 aliphatic carbocycles. The van der Waals surface area contributed by atoms with E-state index >= 15 is 0 Å². The van der Waals surface area contributed by atoms with Crippen molar-refractivity contribution in [1.29, 1.82) is 0 Å². The number of ether oxygens (including phenoxy) is 2. The third-order valence-electron chi connectivity index (χ3n) is 3.18. The molecule has 0 fully saturated rings. The quantitative estimate of drug-likeness (QED) is 0.326. The maximum atomic E-state index is 12.7. The lowest BCUT2D eigenvalue weighted by molar-refractivity contribution is -0.131. The fraction of sp³-hybridized carbons (Fsp3) is 0.429. The van der Waals surface area contributed by atoms with Crippen LogP contribution in [0, 0.1) is 0 Å². The van der Waals surface area contributed by atoms with Crippen molar-refractivity contribution in [3.05, 3.63) is 23.3 Å². The van der Waals surface area contributed by atoms with E-state index in [1.807, 2.05) is 0 Å². The summed E-state index contributed by atoms with van der Waals surface area (Å²) in [5.41, 5.74) is 1.20. The molecule has 0 aromatic heterocycles. The van der Waals surface area contributed by atoms with Crippen molar-refractivity contribution in [2.45, 2.75) is 29.4 Å². The molecule has 4 nitrogen and oxygen atoms in total. The number of hydrogen-bond donors (Lipinski definition) is 0. The van der Waals surface area contributed by atoms with Crippen molar-refractivity contribution >= 4 is 43.6 Å². The Morgan fingerprint density at radius 3 is 2.55 bits per heavy atom. The summed E-state index contributed by atoms with van der Waals surface area (Å²) in [6.45, 7) is 1.31. The van der Waals surface area contributed by atoms with Gasteiger partial charge in [-0.1, -0.05) is 31.9 Å². The van der Waals surface area contributed by atoms with Gasteiger partial charge in [0.05, 0.1) is 12.7 Å². The maximum absolute atomic E-state index is 12.7. The lowest BCUT2D eigenvalue weighted by Crippen LogP contribution is -2.25. The van der Waals surface area contributed by atoms with Crippen LogP contribution in [0.25, 0.3) is 0 Å². The van der Waals surface area contributed by atoms with Crippen molar-refractivity contribution < 1.29 is 19.1 Å². The summed E-state index contributed by atoms with van der Waals surface area (Å²) in [4.78, 5) is 23.9. The van der Waals surface area contributed by atoms with Crippen LogP contribution in [0.4, 0.5) is 0 Å². The van der Waals surface area contributed by atoms with E-state index < -0.39 is 9.20 Å². The lowest BCUT2D eigenvalue weighted by atomic mass is 9.99. The highest BCUT2D eigenvalue weighted by Crippen LogP contribution is 2.44. The zero-order valence-corrected chi connectivity index (χ0v) is 14.3. The molecule has 1 aromatic carbocycles. The van der Waals surface area contributed by atoms with E-state index in [4.69, 9.17) is 9.47 Å². The number of ketones is 1. The predicted molar refractivity (Wildman–Crippen MR) is 82.2 cm³/mol. The van der Waals surface area contributed by atoms with Gasteiger partial charge in [0.2, 0.25) is 0 Å². The van der Waals surface area contributed by atoms with Crippen LogP contribution in [0.2, 0.25) is 0 Å². The smallest absolute Gasteiger partial charge is 0.308 e. The first-order valence-electron chi connectivity index (χ1n) is 6.17. The minimum Gasteiger partial charge on any atom is -0.496 e. The fourth-order valence-corrected chi connectivity index (χ4v) is 3.28. The monoisotopic (exact) mass is 404 g/mol. The molecule has 0 radical (unpaired) electrons. The Kier molecular flexibility index (Phi) is 4.54. The van der Waals surface area contributed by atoms with Crippen LogP contribution in [-0.4, -0.2) is 22.1 Å². The van der Waals surface area contributed by atoms with Crippen LogP contribution in [0.1, 0.15) is 35.7 Å². The Hall–Kier alpha value is -0.880. The third-order valence-corrected chi connectivity index (χ3v) is 4.70. The minimum absolute atomic E-state index is 0.153. The van der Waals surface area contributed by atoms with Crippen LogP contribution < -0.4 is 9.47 Å². The van der Waals surface area contributed by atoms with E-state index in [1.165, 1.54) is 6.92 Å². The number of methoxy groups -OCH3 is 1. The number of Topliss-reactive ketones (excluding diaryl/α,β-unsaturated/α-hetero) is 1. The first-order chi connectivity index (χ1) is 9.36. The molecular weight excluding hydrogens is 392 g/mol. The minimum atomic E-state index is -0.827. The zero-order chi connectivity index (χ0) is 14.9. The number of esters is 1. The van der Waals surface area contributed by atoms with Crippen LogP contribution in [0.15, 0.2) is 12.1 Å². The molecule has 20 heavy (non-hydrogen) atoms. The van der Waals surface area contributed by atoms with Crippen LogP contribution in [-0.2, 0) is 11.2 Å². The molecule has 0 unspecified atom stereocenters. The van der Waals surface area contributed by atoms with Gasteiger partial charge < -0.3 is 9.47 Å². The average Bonchev–Trinajstić information content (AvgIpc) is 2.48. The summed E-state index contributed by atoms with van der Waals surface area (Å²) in [5, 5.41) is 0. The molecule has 2 rings (SSSR count). The van der Waals surface area contributed by atoms with Crippen molar-refractivity contribution in [1.82, 2.24) is 0 Å². The summed E-state index contributed by atoms with van der Waals surface area (Å²) in [6.07, 6.45) is 2.15. The molecule has 0 spiro atoms. The molecule has 1 aliphatic rings.